The Balaban J connectivity index is 1.70. The summed E-state index contributed by atoms with van der Waals surface area (Å²) in [6, 6.07) is 0. The fourth-order valence-corrected chi connectivity index (χ4v) is 5.16. The monoisotopic (exact) mass is 351 g/mol. The van der Waals surface area contributed by atoms with E-state index < -0.39 is 0 Å². The summed E-state index contributed by atoms with van der Waals surface area (Å²) in [5.41, 5.74) is 1.69. The van der Waals surface area contributed by atoms with Crippen molar-refractivity contribution in [2.75, 3.05) is 31.6 Å². The third-order valence-corrected chi connectivity index (χ3v) is 6.14. The maximum Gasteiger partial charge on any atom is 0.341 e. The minimum Gasteiger partial charge on any atom is -0.462 e. The normalized spacial score (nSPS) is 22.9. The summed E-state index contributed by atoms with van der Waals surface area (Å²) >= 11 is 1.55. The molecule has 0 aromatic carbocycles. The lowest BCUT2D eigenvalue weighted by Crippen LogP contribution is -3.14. The summed E-state index contributed by atoms with van der Waals surface area (Å²) in [5.74, 6) is 0.387. The Labute approximate surface area is 147 Å². The number of esters is 1. The van der Waals surface area contributed by atoms with Gasteiger partial charge in [0.05, 0.1) is 25.3 Å². The molecule has 1 amide bonds. The zero-order valence-corrected chi connectivity index (χ0v) is 15.4. The zero-order valence-electron chi connectivity index (χ0n) is 14.6. The Morgan fingerprint density at radius 1 is 1.33 bits per heavy atom. The van der Waals surface area contributed by atoms with Crippen LogP contribution in [-0.2, 0) is 22.4 Å². The number of rotatable bonds is 5. The van der Waals surface area contributed by atoms with Gasteiger partial charge in [-0.1, -0.05) is 6.92 Å². The number of amides is 1. The number of hydrogen-bond donors (Lipinski definition) is 2. The Bertz CT molecular complexity index is 626. The minimum absolute atomic E-state index is 0.00423. The van der Waals surface area contributed by atoms with Crippen LogP contribution < -0.4 is 10.2 Å². The van der Waals surface area contributed by atoms with Crippen molar-refractivity contribution in [3.8, 4) is 0 Å². The molecule has 132 valence electrons. The number of thiophene rings is 1. The first-order valence-corrected chi connectivity index (χ1v) is 9.85. The van der Waals surface area contributed by atoms with Crippen LogP contribution in [0, 0.1) is 5.92 Å². The molecule has 2 N–H and O–H groups in total. The second kappa shape index (κ2) is 7.66. The van der Waals surface area contributed by atoms with E-state index in [0.29, 0.717) is 29.6 Å². The molecule has 1 aromatic heterocycles. The van der Waals surface area contributed by atoms with Crippen molar-refractivity contribution in [2.24, 2.45) is 5.92 Å². The van der Waals surface area contributed by atoms with Crippen molar-refractivity contribution in [1.82, 2.24) is 0 Å². The molecule has 1 aromatic rings. The standard InChI is InChI=1S/C18H26N2O3S/c1-3-23-18(22)16-13-7-4-8-14(13)24-17(16)19-15(21)11-20-9-5-6-12(2)10-20/h12H,3-11H2,1-2H3,(H,19,21)/p+1/t12-/m1/s1. The van der Waals surface area contributed by atoms with Gasteiger partial charge in [0.2, 0.25) is 0 Å². The van der Waals surface area contributed by atoms with Crippen LogP contribution in [0.15, 0.2) is 0 Å². The summed E-state index contributed by atoms with van der Waals surface area (Å²) in [4.78, 5) is 27.4. The number of ether oxygens (including phenoxy) is 1. The van der Waals surface area contributed by atoms with Gasteiger partial charge in [-0.15, -0.1) is 11.3 Å². The molecule has 2 atom stereocenters. The van der Waals surface area contributed by atoms with Gasteiger partial charge >= 0.3 is 5.97 Å². The number of aryl methyl sites for hydroxylation is 1. The summed E-state index contributed by atoms with van der Waals surface area (Å²) in [5, 5.41) is 3.69. The lowest BCUT2D eigenvalue weighted by atomic mass is 10.0. The van der Waals surface area contributed by atoms with E-state index in [0.717, 1.165) is 37.9 Å². The Morgan fingerprint density at radius 3 is 2.92 bits per heavy atom. The maximum absolute atomic E-state index is 12.5. The quantitative estimate of drug-likeness (QED) is 0.794. The number of piperidine rings is 1. The first-order chi connectivity index (χ1) is 11.6. The largest absolute Gasteiger partial charge is 0.462 e. The molecule has 3 rings (SSSR count). The van der Waals surface area contributed by atoms with Crippen molar-refractivity contribution in [2.45, 2.75) is 46.0 Å². The molecular formula is C18H27N2O3S+. The Morgan fingerprint density at radius 2 is 2.17 bits per heavy atom. The lowest BCUT2D eigenvalue weighted by molar-refractivity contribution is -0.900. The highest BCUT2D eigenvalue weighted by molar-refractivity contribution is 7.17. The van der Waals surface area contributed by atoms with Gasteiger partial charge in [0.1, 0.15) is 5.00 Å². The summed E-state index contributed by atoms with van der Waals surface area (Å²) in [7, 11) is 0. The van der Waals surface area contributed by atoms with Crippen molar-refractivity contribution in [3.63, 3.8) is 0 Å². The summed E-state index contributed by atoms with van der Waals surface area (Å²) in [6.45, 7) is 7.01. The van der Waals surface area contributed by atoms with E-state index in [4.69, 9.17) is 4.74 Å². The van der Waals surface area contributed by atoms with Gasteiger partial charge in [-0.3, -0.25) is 4.79 Å². The van der Waals surface area contributed by atoms with Gasteiger partial charge in [0.25, 0.3) is 5.91 Å². The van der Waals surface area contributed by atoms with Crippen LogP contribution in [0.2, 0.25) is 0 Å². The van der Waals surface area contributed by atoms with Gasteiger partial charge in [0, 0.05) is 10.8 Å². The number of hydrogen-bond acceptors (Lipinski definition) is 4. The first kappa shape index (κ1) is 17.4. The van der Waals surface area contributed by atoms with Gasteiger partial charge in [-0.25, -0.2) is 4.79 Å². The van der Waals surface area contributed by atoms with Crippen LogP contribution in [0.5, 0.6) is 0 Å². The van der Waals surface area contributed by atoms with E-state index in [1.54, 1.807) is 11.3 Å². The van der Waals surface area contributed by atoms with Crippen molar-refractivity contribution < 1.29 is 19.2 Å². The van der Waals surface area contributed by atoms with Crippen LogP contribution in [-0.4, -0.2) is 38.1 Å². The molecule has 1 fully saturated rings. The zero-order chi connectivity index (χ0) is 17.1. The minimum atomic E-state index is -0.300. The van der Waals surface area contributed by atoms with Gasteiger partial charge in [-0.05, 0) is 44.6 Å². The Kier molecular flexibility index (Phi) is 5.56. The SMILES string of the molecule is CCOC(=O)c1c(NC(=O)C[NH+]2CCC[C@@H](C)C2)sc2c1CCC2. The molecule has 0 saturated carbocycles. The molecule has 5 nitrogen and oxygen atoms in total. The molecule has 1 aliphatic carbocycles. The molecule has 0 spiro atoms. The van der Waals surface area contributed by atoms with Gasteiger partial charge in [-0.2, -0.15) is 0 Å². The predicted octanol–water partition coefficient (Wildman–Crippen LogP) is 1.67. The molecule has 1 saturated heterocycles. The molecule has 6 heteroatoms. The topological polar surface area (TPSA) is 59.8 Å². The number of carbonyl (C=O) groups is 2. The van der Waals surface area contributed by atoms with Crippen LogP contribution in [0.4, 0.5) is 5.00 Å². The predicted molar refractivity (Wildman–Crippen MR) is 94.9 cm³/mol. The van der Waals surface area contributed by atoms with E-state index in [2.05, 4.69) is 12.2 Å². The highest BCUT2D eigenvalue weighted by Crippen LogP contribution is 2.39. The van der Waals surface area contributed by atoms with Gasteiger partial charge < -0.3 is 15.0 Å². The number of quaternary nitrogens is 1. The maximum atomic E-state index is 12.5. The molecule has 2 heterocycles. The number of fused-ring (bicyclic) bond motifs is 1. The fourth-order valence-electron chi connectivity index (χ4n) is 3.87. The lowest BCUT2D eigenvalue weighted by Gasteiger charge is -2.27. The first-order valence-electron chi connectivity index (χ1n) is 9.03. The number of carbonyl (C=O) groups excluding carboxylic acids is 2. The Hall–Kier alpha value is -1.40. The summed E-state index contributed by atoms with van der Waals surface area (Å²) < 4.78 is 5.21. The number of likely N-dealkylation sites (tertiary alicyclic amines) is 1. The summed E-state index contributed by atoms with van der Waals surface area (Å²) in [6.07, 6.45) is 5.43. The molecule has 0 radical (unpaired) electrons. The molecule has 1 aliphatic heterocycles. The third-order valence-electron chi connectivity index (χ3n) is 4.93. The van der Waals surface area contributed by atoms with E-state index in [1.807, 2.05) is 6.92 Å². The molecule has 24 heavy (non-hydrogen) atoms. The molecule has 1 unspecified atom stereocenters. The van der Waals surface area contributed by atoms with Crippen molar-refractivity contribution >= 4 is 28.2 Å². The average Bonchev–Trinajstić information content (AvgIpc) is 3.07. The van der Waals surface area contributed by atoms with Crippen molar-refractivity contribution in [1.29, 1.82) is 0 Å². The average molecular weight is 351 g/mol. The highest BCUT2D eigenvalue weighted by Gasteiger charge is 2.29. The van der Waals surface area contributed by atoms with Crippen molar-refractivity contribution in [3.05, 3.63) is 16.0 Å². The highest BCUT2D eigenvalue weighted by atomic mass is 32.1. The van der Waals surface area contributed by atoms with E-state index in [9.17, 15) is 9.59 Å². The second-order valence-corrected chi connectivity index (χ2v) is 8.06. The molecule has 2 aliphatic rings. The van der Waals surface area contributed by atoms with Crippen LogP contribution in [0.3, 0.4) is 0 Å². The van der Waals surface area contributed by atoms with E-state index in [1.165, 1.54) is 22.6 Å². The second-order valence-electron chi connectivity index (χ2n) is 6.96. The van der Waals surface area contributed by atoms with E-state index in [-0.39, 0.29) is 11.9 Å². The van der Waals surface area contributed by atoms with Crippen LogP contribution >= 0.6 is 11.3 Å². The molecular weight excluding hydrogens is 324 g/mol. The van der Waals surface area contributed by atoms with Crippen LogP contribution in [0.25, 0.3) is 0 Å². The third kappa shape index (κ3) is 3.81. The van der Waals surface area contributed by atoms with Crippen LogP contribution in [0.1, 0.15) is 53.9 Å². The van der Waals surface area contributed by atoms with Gasteiger partial charge in [0.15, 0.2) is 6.54 Å². The number of anilines is 1. The smallest absolute Gasteiger partial charge is 0.341 e. The van der Waals surface area contributed by atoms with E-state index >= 15 is 0 Å². The fraction of sp³-hybridized carbons (Fsp3) is 0.667. The molecule has 0 bridgehead atoms. The number of nitrogens with one attached hydrogen (secondary N) is 2.